The van der Waals surface area contributed by atoms with Crippen molar-refractivity contribution in [3.05, 3.63) is 34.4 Å². The molecule has 0 saturated carbocycles. The third-order valence-corrected chi connectivity index (χ3v) is 5.22. The first-order valence-electron chi connectivity index (χ1n) is 8.50. The average molecular weight is 509 g/mol. The number of aromatic nitrogens is 1. The number of urea groups is 1. The van der Waals surface area contributed by atoms with Crippen molar-refractivity contribution in [2.45, 2.75) is 18.2 Å². The van der Waals surface area contributed by atoms with E-state index in [0.717, 1.165) is 19.1 Å². The molecule has 172 valence electrons. The number of nitrogens with one attached hydrogen (secondary N) is 1. The number of alkyl halides is 2. The van der Waals surface area contributed by atoms with E-state index < -0.39 is 29.3 Å². The fraction of sp³-hybridized carbons (Fsp3) is 0.222. The second-order valence-electron chi connectivity index (χ2n) is 5.89. The Bertz CT molecular complexity index is 1020. The standard InChI is InChI=1S/C18H16Cl2F2N4O5S/c1-9(17(21)22)25-26(18(28)24-8-27)10-4-11(19)16(12(20)5-10)31-15-6-14(32(3)29)13(30-2)7-23-15/h4-8,17H,1-3H3,(H,24,27,28)/b25-9+. The number of anilines is 1. The fourth-order valence-corrected chi connectivity index (χ4v) is 3.48. The number of benzene rings is 1. The Morgan fingerprint density at radius 1 is 1.34 bits per heavy atom. The number of carbonyl (C=O) groups is 2. The van der Waals surface area contributed by atoms with Gasteiger partial charge in [0.15, 0.2) is 11.5 Å². The summed E-state index contributed by atoms with van der Waals surface area (Å²) < 4.78 is 48.4. The first kappa shape index (κ1) is 25.6. The smallest absolute Gasteiger partial charge is 0.349 e. The number of hydrogen-bond acceptors (Lipinski definition) is 7. The molecule has 0 aliphatic carbocycles. The predicted octanol–water partition coefficient (Wildman–Crippen LogP) is 4.24. The molecular weight excluding hydrogens is 493 g/mol. The predicted molar refractivity (Wildman–Crippen MR) is 116 cm³/mol. The molecule has 0 bridgehead atoms. The monoisotopic (exact) mass is 508 g/mol. The van der Waals surface area contributed by atoms with Crippen LogP contribution in [-0.4, -0.2) is 47.5 Å². The normalized spacial score (nSPS) is 12.3. The number of pyridine rings is 1. The summed E-state index contributed by atoms with van der Waals surface area (Å²) in [7, 11) is 1.39. The molecule has 0 fully saturated rings. The highest BCUT2D eigenvalue weighted by Gasteiger charge is 2.22. The van der Waals surface area contributed by atoms with Crippen molar-refractivity contribution in [3.8, 4) is 17.4 Å². The number of halogens is 4. The Balaban J connectivity index is 2.46. The molecule has 1 heterocycles. The highest BCUT2D eigenvalue weighted by Crippen LogP contribution is 2.40. The van der Waals surface area contributed by atoms with Gasteiger partial charge in [0.25, 0.3) is 6.43 Å². The van der Waals surface area contributed by atoms with Crippen molar-refractivity contribution in [2.75, 3.05) is 18.4 Å². The molecule has 9 nitrogen and oxygen atoms in total. The fourth-order valence-electron chi connectivity index (χ4n) is 2.24. The number of rotatable bonds is 8. The van der Waals surface area contributed by atoms with Crippen LogP contribution in [0.2, 0.25) is 10.0 Å². The van der Waals surface area contributed by atoms with Crippen LogP contribution >= 0.6 is 23.2 Å². The van der Waals surface area contributed by atoms with Crippen molar-refractivity contribution < 1.29 is 32.4 Å². The van der Waals surface area contributed by atoms with Gasteiger partial charge in [-0.25, -0.2) is 18.6 Å². The summed E-state index contributed by atoms with van der Waals surface area (Å²) in [6, 6.07) is 2.58. The summed E-state index contributed by atoms with van der Waals surface area (Å²) in [4.78, 5) is 27.1. The number of amides is 3. The average Bonchev–Trinajstić information content (AvgIpc) is 2.74. The zero-order valence-electron chi connectivity index (χ0n) is 16.8. The Morgan fingerprint density at radius 2 is 1.97 bits per heavy atom. The molecule has 0 aliphatic rings. The van der Waals surface area contributed by atoms with E-state index in [1.807, 2.05) is 0 Å². The minimum atomic E-state index is -2.95. The highest BCUT2D eigenvalue weighted by atomic mass is 35.5. The summed E-state index contributed by atoms with van der Waals surface area (Å²) in [6.45, 7) is 0.997. The quantitative estimate of drug-likeness (QED) is 0.246. The molecule has 0 spiro atoms. The maximum absolute atomic E-state index is 12.9. The molecule has 0 aliphatic heterocycles. The SMILES string of the molecule is COc1cnc(Oc2c(Cl)cc(N(/N=C(\C)C(F)F)C(=O)NC=O)cc2Cl)cc1[S+](C)[O-]. The Labute approximate surface area is 194 Å². The molecule has 0 saturated heterocycles. The van der Waals surface area contributed by atoms with Crippen LogP contribution in [0.25, 0.3) is 0 Å². The van der Waals surface area contributed by atoms with Gasteiger partial charge in [-0.05, 0) is 30.2 Å². The van der Waals surface area contributed by atoms with E-state index in [1.54, 1.807) is 5.32 Å². The van der Waals surface area contributed by atoms with Gasteiger partial charge < -0.3 is 14.0 Å². The minimum absolute atomic E-state index is 0.00494. The summed E-state index contributed by atoms with van der Waals surface area (Å²) in [5, 5.41) is 5.57. The van der Waals surface area contributed by atoms with E-state index in [0.29, 0.717) is 9.90 Å². The molecular formula is C18H16Cl2F2N4O5S. The second kappa shape index (κ2) is 11.3. The van der Waals surface area contributed by atoms with Gasteiger partial charge in [0.1, 0.15) is 12.0 Å². The molecule has 1 unspecified atom stereocenters. The molecule has 2 rings (SSSR count). The van der Waals surface area contributed by atoms with E-state index in [-0.39, 0.29) is 39.5 Å². The van der Waals surface area contributed by atoms with Crippen molar-refractivity contribution in [3.63, 3.8) is 0 Å². The van der Waals surface area contributed by atoms with E-state index in [4.69, 9.17) is 32.7 Å². The molecule has 1 aromatic heterocycles. The number of hydrogen-bond donors (Lipinski definition) is 1. The van der Waals surface area contributed by atoms with E-state index in [2.05, 4.69) is 10.1 Å². The van der Waals surface area contributed by atoms with Gasteiger partial charge in [-0.2, -0.15) is 10.1 Å². The largest absolute Gasteiger partial charge is 0.612 e. The van der Waals surface area contributed by atoms with Gasteiger partial charge in [-0.3, -0.25) is 10.1 Å². The van der Waals surface area contributed by atoms with E-state index >= 15 is 0 Å². The van der Waals surface area contributed by atoms with Gasteiger partial charge in [0.2, 0.25) is 17.2 Å². The van der Waals surface area contributed by atoms with Crippen LogP contribution in [0.1, 0.15) is 6.92 Å². The van der Waals surface area contributed by atoms with Crippen LogP contribution in [0.4, 0.5) is 19.3 Å². The van der Waals surface area contributed by atoms with Crippen molar-refractivity contribution in [1.29, 1.82) is 0 Å². The van der Waals surface area contributed by atoms with E-state index in [1.165, 1.54) is 25.6 Å². The Kier molecular flexibility index (Phi) is 9.01. The lowest BCUT2D eigenvalue weighted by Gasteiger charge is -2.19. The maximum Gasteiger partial charge on any atom is 0.349 e. The first-order valence-corrected chi connectivity index (χ1v) is 10.8. The maximum atomic E-state index is 12.9. The van der Waals surface area contributed by atoms with Crippen molar-refractivity contribution in [2.24, 2.45) is 5.10 Å². The topological polar surface area (TPSA) is 116 Å². The third-order valence-electron chi connectivity index (χ3n) is 3.72. The Morgan fingerprint density at radius 3 is 2.47 bits per heavy atom. The molecule has 2 aromatic rings. The van der Waals surface area contributed by atoms with Crippen molar-refractivity contribution >= 4 is 58.2 Å². The summed E-state index contributed by atoms with van der Waals surface area (Å²) >= 11 is 11.0. The van der Waals surface area contributed by atoms with Crippen LogP contribution in [0.5, 0.6) is 17.4 Å². The molecule has 1 aromatic carbocycles. The van der Waals surface area contributed by atoms with Crippen LogP contribution in [0, 0.1) is 0 Å². The highest BCUT2D eigenvalue weighted by molar-refractivity contribution is 7.90. The molecule has 32 heavy (non-hydrogen) atoms. The number of nitrogens with zero attached hydrogens (tertiary/aromatic N) is 3. The lowest BCUT2D eigenvalue weighted by Crippen LogP contribution is -2.37. The van der Waals surface area contributed by atoms with Gasteiger partial charge in [-0.15, -0.1) is 0 Å². The van der Waals surface area contributed by atoms with Crippen LogP contribution in [0.15, 0.2) is 34.4 Å². The van der Waals surface area contributed by atoms with E-state index in [9.17, 15) is 22.9 Å². The third kappa shape index (κ3) is 6.19. The van der Waals surface area contributed by atoms with Gasteiger partial charge in [0.05, 0.1) is 35.1 Å². The molecule has 1 atom stereocenters. The zero-order chi connectivity index (χ0) is 24.0. The van der Waals surface area contributed by atoms with Gasteiger partial charge in [0, 0.05) is 0 Å². The summed E-state index contributed by atoms with van der Waals surface area (Å²) in [5.74, 6) is 0.206. The summed E-state index contributed by atoms with van der Waals surface area (Å²) in [6.07, 6.45) is -0.143. The number of hydrazone groups is 1. The zero-order valence-corrected chi connectivity index (χ0v) is 19.1. The number of imide groups is 1. The Hall–Kier alpha value is -2.67. The minimum Gasteiger partial charge on any atom is -0.612 e. The molecule has 3 amide bonds. The van der Waals surface area contributed by atoms with Gasteiger partial charge >= 0.3 is 6.03 Å². The van der Waals surface area contributed by atoms with Gasteiger partial charge in [-0.1, -0.05) is 23.2 Å². The van der Waals surface area contributed by atoms with Crippen LogP contribution in [0.3, 0.4) is 0 Å². The number of methoxy groups -OCH3 is 1. The number of carbonyl (C=O) groups excluding carboxylic acids is 2. The summed E-state index contributed by atoms with van der Waals surface area (Å²) in [5.41, 5.74) is -0.814. The number of ether oxygens (including phenoxy) is 2. The van der Waals surface area contributed by atoms with Crippen LogP contribution in [-0.2, 0) is 16.0 Å². The van der Waals surface area contributed by atoms with Crippen molar-refractivity contribution in [1.82, 2.24) is 10.3 Å². The van der Waals surface area contributed by atoms with Crippen LogP contribution < -0.4 is 19.8 Å². The lowest BCUT2D eigenvalue weighted by molar-refractivity contribution is -0.108. The molecule has 0 radical (unpaired) electrons. The lowest BCUT2D eigenvalue weighted by atomic mass is 10.3. The second-order valence-corrected chi connectivity index (χ2v) is 8.05. The molecule has 1 N–H and O–H groups in total. The first-order chi connectivity index (χ1) is 15.1. The molecule has 14 heteroatoms.